The zero-order valence-corrected chi connectivity index (χ0v) is 10.4. The maximum Gasteiger partial charge on any atom is 0.174 e. The summed E-state index contributed by atoms with van der Waals surface area (Å²) in [7, 11) is 0. The van der Waals surface area contributed by atoms with Gasteiger partial charge in [0.15, 0.2) is 6.61 Å². The first-order valence-corrected chi connectivity index (χ1v) is 6.36. The van der Waals surface area contributed by atoms with Gasteiger partial charge in [0.05, 0.1) is 0 Å². The number of nitrogens with zero attached hydrogens (tertiary/aromatic N) is 1. The van der Waals surface area contributed by atoms with Crippen molar-refractivity contribution in [1.29, 1.82) is 5.26 Å². The molecule has 3 nitrogen and oxygen atoms in total. The van der Waals surface area contributed by atoms with E-state index in [2.05, 4.69) is 17.5 Å². The molecule has 0 aromatic heterocycles. The van der Waals surface area contributed by atoms with Crippen LogP contribution in [-0.2, 0) is 6.54 Å². The fraction of sp³-hybridized carbons (Fsp3) is 0.400. The number of allylic oxidation sites excluding steroid dienone is 1. The third kappa shape index (κ3) is 3.61. The maximum atomic E-state index is 8.55. The molecular weight excluding hydrogens is 224 g/mol. The second kappa shape index (κ2) is 6.83. The lowest BCUT2D eigenvalue weighted by molar-refractivity contribution is 0.360. The van der Waals surface area contributed by atoms with E-state index in [4.69, 9.17) is 10.00 Å². The molecule has 1 N–H and O–H groups in total. The van der Waals surface area contributed by atoms with E-state index in [1.807, 2.05) is 30.3 Å². The summed E-state index contributed by atoms with van der Waals surface area (Å²) in [6.07, 6.45) is 7.92. The predicted octanol–water partition coefficient (Wildman–Crippen LogP) is 2.79. The molecule has 1 atom stereocenters. The molecule has 0 heterocycles. The van der Waals surface area contributed by atoms with Crippen molar-refractivity contribution in [1.82, 2.24) is 5.32 Å². The highest BCUT2D eigenvalue weighted by atomic mass is 16.5. The third-order valence-corrected chi connectivity index (χ3v) is 3.12. The van der Waals surface area contributed by atoms with Gasteiger partial charge in [-0.2, -0.15) is 5.26 Å². The van der Waals surface area contributed by atoms with E-state index >= 15 is 0 Å². The van der Waals surface area contributed by atoms with E-state index in [1.165, 1.54) is 6.42 Å². The van der Waals surface area contributed by atoms with Crippen LogP contribution < -0.4 is 10.1 Å². The maximum absolute atomic E-state index is 8.55. The molecule has 0 aliphatic heterocycles. The number of nitriles is 1. The van der Waals surface area contributed by atoms with E-state index in [-0.39, 0.29) is 6.61 Å². The molecule has 1 aliphatic carbocycles. The summed E-state index contributed by atoms with van der Waals surface area (Å²) >= 11 is 0. The van der Waals surface area contributed by atoms with E-state index in [1.54, 1.807) is 0 Å². The first-order chi connectivity index (χ1) is 8.90. The van der Waals surface area contributed by atoms with E-state index in [0.717, 1.165) is 30.7 Å². The van der Waals surface area contributed by atoms with E-state index < -0.39 is 0 Å². The summed E-state index contributed by atoms with van der Waals surface area (Å²) in [5.74, 6) is 0.804. The lowest BCUT2D eigenvalue weighted by Gasteiger charge is -2.20. The quantitative estimate of drug-likeness (QED) is 0.807. The molecule has 0 fully saturated rings. The molecule has 1 unspecified atom stereocenters. The second-order valence-corrected chi connectivity index (χ2v) is 4.42. The molecule has 2 rings (SSSR count). The Kier molecular flexibility index (Phi) is 4.80. The zero-order valence-electron chi connectivity index (χ0n) is 10.4. The van der Waals surface area contributed by atoms with Gasteiger partial charge in [0, 0.05) is 18.2 Å². The zero-order chi connectivity index (χ0) is 12.6. The number of ether oxygens (including phenoxy) is 1. The average molecular weight is 242 g/mol. The Morgan fingerprint density at radius 2 is 2.22 bits per heavy atom. The molecule has 0 amide bonds. The third-order valence-electron chi connectivity index (χ3n) is 3.12. The molecule has 0 radical (unpaired) electrons. The van der Waals surface area contributed by atoms with Crippen LogP contribution in [0.25, 0.3) is 0 Å². The highest BCUT2D eigenvalue weighted by Gasteiger charge is 2.10. The largest absolute Gasteiger partial charge is 0.478 e. The van der Waals surface area contributed by atoms with Gasteiger partial charge in [-0.05, 0) is 25.3 Å². The van der Waals surface area contributed by atoms with Gasteiger partial charge in [0.1, 0.15) is 11.8 Å². The minimum Gasteiger partial charge on any atom is -0.478 e. The molecular formula is C15H18N2O. The van der Waals surface area contributed by atoms with Crippen LogP contribution in [0.5, 0.6) is 5.75 Å². The standard InChI is InChI=1S/C15H18N2O/c16-10-11-18-15-9-5-4-6-13(15)12-17-14-7-2-1-3-8-14/h1-2,4-6,9,14,17H,3,7-8,11-12H2. The molecule has 0 bridgehead atoms. The highest BCUT2D eigenvalue weighted by Crippen LogP contribution is 2.19. The lowest BCUT2D eigenvalue weighted by atomic mass is 10.0. The molecule has 1 aromatic carbocycles. The second-order valence-electron chi connectivity index (χ2n) is 4.42. The minimum atomic E-state index is 0.100. The molecule has 0 saturated carbocycles. The molecule has 18 heavy (non-hydrogen) atoms. The van der Waals surface area contributed by atoms with Gasteiger partial charge in [-0.3, -0.25) is 0 Å². The van der Waals surface area contributed by atoms with Crippen molar-refractivity contribution in [3.8, 4) is 11.8 Å². The Labute approximate surface area is 108 Å². The van der Waals surface area contributed by atoms with E-state index in [0.29, 0.717) is 6.04 Å². The molecule has 1 aromatic rings. The summed E-state index contributed by atoms with van der Waals surface area (Å²) in [6.45, 7) is 0.892. The van der Waals surface area contributed by atoms with Gasteiger partial charge in [-0.25, -0.2) is 0 Å². The van der Waals surface area contributed by atoms with Crippen LogP contribution in [0.15, 0.2) is 36.4 Å². The monoisotopic (exact) mass is 242 g/mol. The molecule has 1 aliphatic rings. The fourth-order valence-corrected chi connectivity index (χ4v) is 2.13. The topological polar surface area (TPSA) is 45.0 Å². The Morgan fingerprint density at radius 1 is 1.33 bits per heavy atom. The molecule has 0 spiro atoms. The van der Waals surface area contributed by atoms with Crippen LogP contribution in [0.1, 0.15) is 24.8 Å². The minimum absolute atomic E-state index is 0.100. The number of rotatable bonds is 5. The summed E-state index contributed by atoms with van der Waals surface area (Å²) in [5.41, 5.74) is 1.11. The van der Waals surface area contributed by atoms with Gasteiger partial charge in [-0.15, -0.1) is 0 Å². The van der Waals surface area contributed by atoms with Crippen LogP contribution in [0.2, 0.25) is 0 Å². The first kappa shape index (κ1) is 12.7. The number of hydrogen-bond donors (Lipinski definition) is 1. The Bertz CT molecular complexity index is 448. The SMILES string of the molecule is N#CCOc1ccccc1CNC1CC=CCC1. The van der Waals surface area contributed by atoms with Gasteiger partial charge < -0.3 is 10.1 Å². The number of benzene rings is 1. The average Bonchev–Trinajstić information content (AvgIpc) is 2.45. The van der Waals surface area contributed by atoms with Gasteiger partial charge in [-0.1, -0.05) is 30.4 Å². The first-order valence-electron chi connectivity index (χ1n) is 6.36. The Morgan fingerprint density at radius 3 is 3.00 bits per heavy atom. The van der Waals surface area contributed by atoms with Crippen molar-refractivity contribution in [3.63, 3.8) is 0 Å². The van der Waals surface area contributed by atoms with Crippen molar-refractivity contribution in [2.45, 2.75) is 31.8 Å². The molecule has 3 heteroatoms. The molecule has 94 valence electrons. The van der Waals surface area contributed by atoms with Crippen molar-refractivity contribution in [3.05, 3.63) is 42.0 Å². The van der Waals surface area contributed by atoms with E-state index in [9.17, 15) is 0 Å². The number of hydrogen-bond acceptors (Lipinski definition) is 3. The molecule has 0 saturated heterocycles. The van der Waals surface area contributed by atoms with Crippen LogP contribution >= 0.6 is 0 Å². The van der Waals surface area contributed by atoms with Crippen LogP contribution in [0, 0.1) is 11.3 Å². The Hall–Kier alpha value is -1.79. The number of para-hydroxylation sites is 1. The van der Waals surface area contributed by atoms with Crippen molar-refractivity contribution in [2.24, 2.45) is 0 Å². The van der Waals surface area contributed by atoms with Crippen molar-refractivity contribution in [2.75, 3.05) is 6.61 Å². The predicted molar refractivity (Wildman–Crippen MR) is 71.2 cm³/mol. The normalized spacial score (nSPS) is 18.3. The summed E-state index contributed by atoms with van der Waals surface area (Å²) < 4.78 is 5.41. The smallest absolute Gasteiger partial charge is 0.174 e. The van der Waals surface area contributed by atoms with Crippen molar-refractivity contribution < 1.29 is 4.74 Å². The van der Waals surface area contributed by atoms with Crippen LogP contribution in [0.4, 0.5) is 0 Å². The fourth-order valence-electron chi connectivity index (χ4n) is 2.13. The van der Waals surface area contributed by atoms with Crippen LogP contribution in [0.3, 0.4) is 0 Å². The Balaban J connectivity index is 1.91. The highest BCUT2D eigenvalue weighted by molar-refractivity contribution is 5.33. The van der Waals surface area contributed by atoms with Crippen molar-refractivity contribution >= 4 is 0 Å². The summed E-state index contributed by atoms with van der Waals surface area (Å²) in [5, 5.41) is 12.1. The number of nitrogens with one attached hydrogen (secondary N) is 1. The summed E-state index contributed by atoms with van der Waals surface area (Å²) in [4.78, 5) is 0. The van der Waals surface area contributed by atoms with Gasteiger partial charge >= 0.3 is 0 Å². The van der Waals surface area contributed by atoms with Gasteiger partial charge in [0.2, 0.25) is 0 Å². The lowest BCUT2D eigenvalue weighted by Crippen LogP contribution is -2.29. The summed E-state index contributed by atoms with van der Waals surface area (Å²) in [6, 6.07) is 10.4. The van der Waals surface area contributed by atoms with Gasteiger partial charge in [0.25, 0.3) is 0 Å². The van der Waals surface area contributed by atoms with Crippen LogP contribution in [-0.4, -0.2) is 12.6 Å².